The van der Waals surface area contributed by atoms with E-state index in [-0.39, 0.29) is 24.0 Å². The number of methoxy groups -OCH3 is 1. The van der Waals surface area contributed by atoms with Gasteiger partial charge < -0.3 is 38.8 Å². The first kappa shape index (κ1) is 31.0. The monoisotopic (exact) mass is 654 g/mol. The maximum Gasteiger partial charge on any atom is 0.407 e. The first-order chi connectivity index (χ1) is 23.1. The number of para-hydroxylation sites is 1. The standard InChI is InChI=1S/C37H46N6O5/c1-36(2,3)48-35(46)39-30-20-37(30)11-13-41(22-37)34(45)25-17-26-32(29(19-25)47-4)43(21-23-9-10-23)33(38-26)28-18-24-7-5-8-27-31(24)42(28)15-14-40(27)12-6-16-44/h5,7-8,17-19,23,30,44H,6,9-16,20-22H2,1-4H3,(H,39,46). The van der Waals surface area contributed by atoms with Crippen LogP contribution < -0.4 is 15.0 Å². The Hall–Kier alpha value is -4.25. The summed E-state index contributed by atoms with van der Waals surface area (Å²) in [5.74, 6) is 2.12. The van der Waals surface area contributed by atoms with Crippen LogP contribution in [0.1, 0.15) is 63.2 Å². The van der Waals surface area contributed by atoms with E-state index in [1.54, 1.807) is 7.11 Å². The summed E-state index contributed by atoms with van der Waals surface area (Å²) in [7, 11) is 1.67. The van der Waals surface area contributed by atoms with Crippen LogP contribution in [0.3, 0.4) is 0 Å². The Morgan fingerprint density at radius 3 is 2.69 bits per heavy atom. The van der Waals surface area contributed by atoms with Crippen molar-refractivity contribution in [3.8, 4) is 17.3 Å². The number of aliphatic hydroxyl groups excluding tert-OH is 1. The van der Waals surface area contributed by atoms with E-state index in [0.717, 1.165) is 68.0 Å². The van der Waals surface area contributed by atoms with Gasteiger partial charge in [0.2, 0.25) is 0 Å². The lowest BCUT2D eigenvalue weighted by molar-refractivity contribution is 0.0516. The summed E-state index contributed by atoms with van der Waals surface area (Å²) in [6.45, 7) is 10.4. The van der Waals surface area contributed by atoms with Gasteiger partial charge in [-0.05, 0) is 83.1 Å². The number of hydrogen-bond donors (Lipinski definition) is 2. The van der Waals surface area contributed by atoms with Crippen molar-refractivity contribution in [2.75, 3.05) is 44.8 Å². The number of ether oxygens (including phenoxy) is 2. The van der Waals surface area contributed by atoms with Gasteiger partial charge >= 0.3 is 6.09 Å². The normalized spacial score (nSPS) is 21.8. The summed E-state index contributed by atoms with van der Waals surface area (Å²) in [5.41, 5.74) is 5.08. The van der Waals surface area contributed by atoms with Crippen molar-refractivity contribution in [3.63, 3.8) is 0 Å². The number of benzene rings is 2. The van der Waals surface area contributed by atoms with Crippen molar-refractivity contribution in [3.05, 3.63) is 42.0 Å². The van der Waals surface area contributed by atoms with Gasteiger partial charge in [0.25, 0.3) is 5.91 Å². The van der Waals surface area contributed by atoms with Gasteiger partial charge in [-0.15, -0.1) is 0 Å². The fourth-order valence-corrected chi connectivity index (χ4v) is 7.96. The van der Waals surface area contributed by atoms with Gasteiger partial charge in [0.15, 0.2) is 5.82 Å². The molecule has 2 unspecified atom stereocenters. The van der Waals surface area contributed by atoms with Crippen molar-refractivity contribution in [2.45, 2.75) is 77.6 Å². The van der Waals surface area contributed by atoms with E-state index in [2.05, 4.69) is 43.6 Å². The third-order valence-corrected chi connectivity index (χ3v) is 10.6. The fraction of sp³-hybridized carbons (Fsp3) is 0.541. The average molecular weight is 655 g/mol. The van der Waals surface area contributed by atoms with E-state index in [0.29, 0.717) is 30.3 Å². The molecule has 4 aromatic rings. The van der Waals surface area contributed by atoms with Crippen molar-refractivity contribution < 1.29 is 24.2 Å². The number of imidazole rings is 1. The molecule has 4 aliphatic rings. The largest absolute Gasteiger partial charge is 0.494 e. The van der Waals surface area contributed by atoms with Crippen molar-refractivity contribution in [1.29, 1.82) is 0 Å². The molecule has 48 heavy (non-hydrogen) atoms. The minimum absolute atomic E-state index is 0.0173. The topological polar surface area (TPSA) is 114 Å². The Bertz CT molecular complexity index is 1920. The molecule has 2 saturated carbocycles. The molecule has 1 saturated heterocycles. The molecule has 2 aliphatic heterocycles. The van der Waals surface area contributed by atoms with E-state index >= 15 is 0 Å². The molecule has 2 aromatic heterocycles. The Balaban J connectivity index is 1.12. The second kappa shape index (κ2) is 11.4. The van der Waals surface area contributed by atoms with Crippen LogP contribution >= 0.6 is 0 Å². The minimum Gasteiger partial charge on any atom is -0.494 e. The molecule has 0 bridgehead atoms. The number of rotatable bonds is 9. The summed E-state index contributed by atoms with van der Waals surface area (Å²) in [4.78, 5) is 36.0. The van der Waals surface area contributed by atoms with Gasteiger partial charge in [0, 0.05) is 68.3 Å². The fourth-order valence-electron chi connectivity index (χ4n) is 7.96. The molecular formula is C37H46N6O5. The van der Waals surface area contributed by atoms with Crippen LogP contribution in [0.2, 0.25) is 0 Å². The molecule has 2 amide bonds. The van der Waals surface area contributed by atoms with E-state index in [4.69, 9.17) is 14.5 Å². The number of nitrogens with one attached hydrogen (secondary N) is 1. The maximum atomic E-state index is 14.0. The third-order valence-electron chi connectivity index (χ3n) is 10.6. The second-order valence-corrected chi connectivity index (χ2v) is 15.2. The maximum absolute atomic E-state index is 14.0. The number of fused-ring (bicyclic) bond motifs is 1. The van der Waals surface area contributed by atoms with Crippen LogP contribution in [0.4, 0.5) is 10.5 Å². The molecule has 3 fully saturated rings. The van der Waals surface area contributed by atoms with Gasteiger partial charge in [-0.3, -0.25) is 4.79 Å². The summed E-state index contributed by atoms with van der Waals surface area (Å²) in [5, 5.41) is 13.7. The van der Waals surface area contributed by atoms with Gasteiger partial charge in [-0.2, -0.15) is 0 Å². The quantitative estimate of drug-likeness (QED) is 0.248. The molecule has 1 spiro atoms. The molecular weight excluding hydrogens is 608 g/mol. The number of carbonyl (C=O) groups is 2. The Kier molecular flexibility index (Phi) is 7.39. The Morgan fingerprint density at radius 2 is 1.94 bits per heavy atom. The number of likely N-dealkylation sites (tertiary alicyclic amines) is 1. The number of aliphatic hydroxyl groups is 1. The highest BCUT2D eigenvalue weighted by Crippen LogP contribution is 2.53. The number of amides is 2. The Labute approximate surface area is 280 Å². The van der Waals surface area contributed by atoms with E-state index in [9.17, 15) is 14.7 Å². The van der Waals surface area contributed by atoms with E-state index in [1.165, 1.54) is 29.4 Å². The highest BCUT2D eigenvalue weighted by atomic mass is 16.6. The van der Waals surface area contributed by atoms with Crippen LogP contribution in [0.5, 0.6) is 5.75 Å². The molecule has 0 radical (unpaired) electrons. The lowest BCUT2D eigenvalue weighted by Gasteiger charge is -2.31. The highest BCUT2D eigenvalue weighted by Gasteiger charge is 2.59. The lowest BCUT2D eigenvalue weighted by Crippen LogP contribution is -2.36. The molecule has 2 aromatic carbocycles. The summed E-state index contributed by atoms with van der Waals surface area (Å²) in [6.07, 6.45) is 4.44. The van der Waals surface area contributed by atoms with Crippen molar-refractivity contribution in [1.82, 2.24) is 24.3 Å². The number of aromatic nitrogens is 3. The van der Waals surface area contributed by atoms with Gasteiger partial charge in [0.1, 0.15) is 16.9 Å². The molecule has 11 heteroatoms. The average Bonchev–Trinajstić information content (AvgIpc) is 3.83. The number of nitrogens with zero attached hydrogens (tertiary/aromatic N) is 5. The number of alkyl carbamates (subject to hydrolysis) is 1. The second-order valence-electron chi connectivity index (χ2n) is 15.2. The van der Waals surface area contributed by atoms with E-state index < -0.39 is 11.7 Å². The Morgan fingerprint density at radius 1 is 1.10 bits per heavy atom. The SMILES string of the molecule is COc1cc(C(=O)N2CCC3(CC3NC(=O)OC(C)(C)C)C2)cc2nc(-c3cc4cccc5c4n3CCN5CCCO)n(CC3CC3)c12. The third kappa shape index (κ3) is 5.45. The molecule has 2 aliphatic carbocycles. The highest BCUT2D eigenvalue weighted by molar-refractivity contribution is 6.01. The number of carbonyl (C=O) groups excluding carboxylic acids is 2. The first-order valence-electron chi connectivity index (χ1n) is 17.4. The summed E-state index contributed by atoms with van der Waals surface area (Å²) < 4.78 is 16.2. The predicted molar refractivity (Wildman–Crippen MR) is 185 cm³/mol. The zero-order chi connectivity index (χ0) is 33.4. The molecule has 11 nitrogen and oxygen atoms in total. The van der Waals surface area contributed by atoms with E-state index in [1.807, 2.05) is 37.8 Å². The van der Waals surface area contributed by atoms with Gasteiger partial charge in [0.05, 0.1) is 29.5 Å². The molecule has 2 N–H and O–H groups in total. The molecule has 8 rings (SSSR count). The number of hydrogen-bond acceptors (Lipinski definition) is 7. The molecule has 2 atom stereocenters. The zero-order valence-corrected chi connectivity index (χ0v) is 28.4. The van der Waals surface area contributed by atoms with Gasteiger partial charge in [-0.25, -0.2) is 9.78 Å². The smallest absolute Gasteiger partial charge is 0.407 e. The number of anilines is 1. The molecule has 254 valence electrons. The zero-order valence-electron chi connectivity index (χ0n) is 28.4. The van der Waals surface area contributed by atoms with Crippen LogP contribution in [0.15, 0.2) is 36.4 Å². The first-order valence-corrected chi connectivity index (χ1v) is 17.4. The van der Waals surface area contributed by atoms with Gasteiger partial charge in [-0.1, -0.05) is 12.1 Å². The molecule has 4 heterocycles. The van der Waals surface area contributed by atoms with Crippen LogP contribution in [0, 0.1) is 11.3 Å². The summed E-state index contributed by atoms with van der Waals surface area (Å²) in [6, 6.07) is 12.5. The lowest BCUT2D eigenvalue weighted by atomic mass is 10.1. The predicted octanol–water partition coefficient (Wildman–Crippen LogP) is 5.41. The van der Waals surface area contributed by atoms with Crippen LogP contribution in [-0.2, 0) is 17.8 Å². The van der Waals surface area contributed by atoms with Crippen molar-refractivity contribution in [2.24, 2.45) is 11.3 Å². The minimum atomic E-state index is -0.552. The van der Waals surface area contributed by atoms with Crippen molar-refractivity contribution >= 4 is 39.6 Å². The van der Waals surface area contributed by atoms with Crippen LogP contribution in [-0.4, -0.2) is 87.7 Å². The summed E-state index contributed by atoms with van der Waals surface area (Å²) >= 11 is 0. The van der Waals surface area contributed by atoms with Crippen LogP contribution in [0.25, 0.3) is 33.5 Å².